The van der Waals surface area contributed by atoms with Crippen molar-refractivity contribution in [3.8, 4) is 0 Å². The predicted octanol–water partition coefficient (Wildman–Crippen LogP) is 3.43. The van der Waals surface area contributed by atoms with Crippen LogP contribution in [-0.4, -0.2) is 5.54 Å². The lowest BCUT2D eigenvalue weighted by Crippen LogP contribution is -2.02. The van der Waals surface area contributed by atoms with Crippen LogP contribution < -0.4 is 0 Å². The first-order valence-corrected chi connectivity index (χ1v) is 4.53. The molecule has 0 aromatic rings. The van der Waals surface area contributed by atoms with Gasteiger partial charge in [-0.1, -0.05) is 37.5 Å². The fraction of sp³-hybridized carbons (Fsp3) is 0.778. The maximum atomic E-state index is 8.38. The molecule has 1 saturated carbocycles. The molecule has 0 spiro atoms. The molecule has 12 heavy (non-hydrogen) atoms. The maximum absolute atomic E-state index is 8.38. The molecule has 0 aromatic heterocycles. The summed E-state index contributed by atoms with van der Waals surface area (Å²) < 4.78 is 0. The fourth-order valence-electron chi connectivity index (χ4n) is 1.60. The zero-order valence-corrected chi connectivity index (χ0v) is 7.70. The van der Waals surface area contributed by atoms with Crippen molar-refractivity contribution in [2.24, 2.45) is 11.0 Å². The first-order valence-electron chi connectivity index (χ1n) is 4.53. The first-order chi connectivity index (χ1) is 5.79. The van der Waals surface area contributed by atoms with Crippen LogP contribution in [-0.2, 0) is 0 Å². The SMILES string of the molecule is CC/C=C/[C@]1(N=[N+]=[N-])C[C@@H]1CC. The average molecular weight is 165 g/mol. The topological polar surface area (TPSA) is 48.8 Å². The standard InChI is InChI=1S/C9H15N3/c1-3-5-6-9(11-12-10)7-8(9)4-2/h5-6,8H,3-4,7H2,1-2H3/b6-5+/t8-,9-/m0/s1. The molecule has 0 unspecified atom stereocenters. The van der Waals surface area contributed by atoms with Gasteiger partial charge in [0.15, 0.2) is 0 Å². The Balaban J connectivity index is 2.64. The number of nitrogens with zero attached hydrogens (tertiary/aromatic N) is 3. The minimum absolute atomic E-state index is 0.153. The Kier molecular flexibility index (Phi) is 2.77. The Hall–Kier alpha value is -0.950. The van der Waals surface area contributed by atoms with E-state index in [2.05, 4.69) is 36.0 Å². The van der Waals surface area contributed by atoms with Gasteiger partial charge in [-0.2, -0.15) is 0 Å². The summed E-state index contributed by atoms with van der Waals surface area (Å²) in [6.07, 6.45) is 7.31. The summed E-state index contributed by atoms with van der Waals surface area (Å²) in [5.74, 6) is 0.580. The van der Waals surface area contributed by atoms with E-state index in [1.54, 1.807) is 0 Å². The monoisotopic (exact) mass is 165 g/mol. The largest absolute Gasteiger partial charge is 0.0881 e. The Labute approximate surface area is 73.1 Å². The molecule has 3 nitrogen and oxygen atoms in total. The zero-order valence-electron chi connectivity index (χ0n) is 7.70. The Bertz CT molecular complexity index is 228. The highest BCUT2D eigenvalue weighted by Gasteiger charge is 2.50. The molecule has 1 aliphatic rings. The molecule has 0 radical (unpaired) electrons. The predicted molar refractivity (Wildman–Crippen MR) is 49.7 cm³/mol. The van der Waals surface area contributed by atoms with Crippen molar-refractivity contribution in [3.63, 3.8) is 0 Å². The molecule has 1 rings (SSSR count). The molecule has 0 N–H and O–H groups in total. The number of allylic oxidation sites excluding steroid dienone is 1. The van der Waals surface area contributed by atoms with Gasteiger partial charge in [-0.15, -0.1) is 0 Å². The highest BCUT2D eigenvalue weighted by Crippen LogP contribution is 2.50. The second-order valence-electron chi connectivity index (χ2n) is 3.30. The number of rotatable bonds is 4. The third-order valence-corrected chi connectivity index (χ3v) is 2.49. The van der Waals surface area contributed by atoms with Crippen LogP contribution in [0.1, 0.15) is 33.1 Å². The molecule has 0 amide bonds. The lowest BCUT2D eigenvalue weighted by atomic mass is 10.1. The lowest BCUT2D eigenvalue weighted by molar-refractivity contribution is 0.677. The van der Waals surface area contributed by atoms with E-state index in [9.17, 15) is 0 Å². The molecule has 2 atom stereocenters. The van der Waals surface area contributed by atoms with E-state index in [4.69, 9.17) is 5.53 Å². The van der Waals surface area contributed by atoms with Crippen LogP contribution in [0.4, 0.5) is 0 Å². The summed E-state index contributed by atoms with van der Waals surface area (Å²) in [5.41, 5.74) is 8.23. The zero-order chi connectivity index (χ0) is 9.03. The van der Waals surface area contributed by atoms with Gasteiger partial charge in [-0.05, 0) is 24.3 Å². The summed E-state index contributed by atoms with van der Waals surface area (Å²) in [7, 11) is 0. The summed E-state index contributed by atoms with van der Waals surface area (Å²) in [5, 5.41) is 3.85. The molecule has 0 aromatic carbocycles. The fourth-order valence-corrected chi connectivity index (χ4v) is 1.60. The van der Waals surface area contributed by atoms with Crippen LogP contribution in [0.25, 0.3) is 10.4 Å². The van der Waals surface area contributed by atoms with Crippen molar-refractivity contribution in [1.82, 2.24) is 0 Å². The van der Waals surface area contributed by atoms with E-state index < -0.39 is 0 Å². The van der Waals surface area contributed by atoms with Gasteiger partial charge in [0, 0.05) is 4.91 Å². The number of hydrogen-bond donors (Lipinski definition) is 0. The smallest absolute Gasteiger partial charge is 0.0699 e. The van der Waals surface area contributed by atoms with Crippen LogP contribution in [0.3, 0.4) is 0 Å². The van der Waals surface area contributed by atoms with Crippen LogP contribution in [0.2, 0.25) is 0 Å². The molecule has 1 fully saturated rings. The highest BCUT2D eigenvalue weighted by atomic mass is 15.2. The van der Waals surface area contributed by atoms with Crippen LogP contribution in [0.5, 0.6) is 0 Å². The molecule has 0 aliphatic heterocycles. The molecular formula is C9H15N3. The third-order valence-electron chi connectivity index (χ3n) is 2.49. The van der Waals surface area contributed by atoms with Gasteiger partial charge < -0.3 is 0 Å². The summed E-state index contributed by atoms with van der Waals surface area (Å²) in [6, 6.07) is 0. The van der Waals surface area contributed by atoms with E-state index in [0.717, 1.165) is 19.3 Å². The Morgan fingerprint density at radius 3 is 2.83 bits per heavy atom. The van der Waals surface area contributed by atoms with Gasteiger partial charge in [-0.25, -0.2) is 0 Å². The molecule has 1 aliphatic carbocycles. The first kappa shape index (κ1) is 9.14. The van der Waals surface area contributed by atoms with Crippen LogP contribution in [0.15, 0.2) is 17.3 Å². The van der Waals surface area contributed by atoms with Crippen molar-refractivity contribution >= 4 is 0 Å². The minimum Gasteiger partial charge on any atom is -0.0881 e. The molecule has 0 bridgehead atoms. The summed E-state index contributed by atoms with van der Waals surface area (Å²) in [6.45, 7) is 4.22. The van der Waals surface area contributed by atoms with Crippen LogP contribution in [0, 0.1) is 5.92 Å². The van der Waals surface area contributed by atoms with E-state index >= 15 is 0 Å². The van der Waals surface area contributed by atoms with Crippen LogP contribution >= 0.6 is 0 Å². The highest BCUT2D eigenvalue weighted by molar-refractivity contribution is 5.22. The van der Waals surface area contributed by atoms with Crippen molar-refractivity contribution < 1.29 is 0 Å². The summed E-state index contributed by atoms with van der Waals surface area (Å²) in [4.78, 5) is 2.89. The maximum Gasteiger partial charge on any atom is 0.0699 e. The molecular weight excluding hydrogens is 150 g/mol. The minimum atomic E-state index is -0.153. The van der Waals surface area contributed by atoms with Gasteiger partial charge in [0.2, 0.25) is 0 Å². The lowest BCUT2D eigenvalue weighted by Gasteiger charge is -2.01. The Morgan fingerprint density at radius 1 is 1.67 bits per heavy atom. The third kappa shape index (κ3) is 1.62. The normalized spacial score (nSPS) is 33.3. The summed E-state index contributed by atoms with van der Waals surface area (Å²) >= 11 is 0. The second-order valence-corrected chi connectivity index (χ2v) is 3.30. The number of azide groups is 1. The van der Waals surface area contributed by atoms with Crippen molar-refractivity contribution in [2.45, 2.75) is 38.6 Å². The molecule has 66 valence electrons. The number of hydrogen-bond acceptors (Lipinski definition) is 1. The van der Waals surface area contributed by atoms with E-state index in [0.29, 0.717) is 5.92 Å². The second kappa shape index (κ2) is 3.63. The van der Waals surface area contributed by atoms with E-state index in [1.807, 2.05) is 0 Å². The van der Waals surface area contributed by atoms with Gasteiger partial charge in [0.25, 0.3) is 0 Å². The quantitative estimate of drug-likeness (QED) is 0.265. The van der Waals surface area contributed by atoms with E-state index in [-0.39, 0.29) is 5.54 Å². The van der Waals surface area contributed by atoms with Crippen molar-refractivity contribution in [1.29, 1.82) is 0 Å². The van der Waals surface area contributed by atoms with Gasteiger partial charge in [-0.3, -0.25) is 0 Å². The van der Waals surface area contributed by atoms with Crippen molar-refractivity contribution in [2.75, 3.05) is 0 Å². The van der Waals surface area contributed by atoms with Crippen molar-refractivity contribution in [3.05, 3.63) is 22.6 Å². The molecule has 0 saturated heterocycles. The van der Waals surface area contributed by atoms with Gasteiger partial charge >= 0.3 is 0 Å². The Morgan fingerprint density at radius 2 is 2.42 bits per heavy atom. The molecule has 3 heteroatoms. The van der Waals surface area contributed by atoms with E-state index in [1.165, 1.54) is 0 Å². The van der Waals surface area contributed by atoms with Gasteiger partial charge in [0.1, 0.15) is 0 Å². The van der Waals surface area contributed by atoms with Gasteiger partial charge in [0.05, 0.1) is 5.54 Å². The molecule has 0 heterocycles. The average Bonchev–Trinajstić information content (AvgIpc) is 2.77.